The fourth-order valence-corrected chi connectivity index (χ4v) is 4.44. The predicted octanol–water partition coefficient (Wildman–Crippen LogP) is 1.79. The van der Waals surface area contributed by atoms with E-state index in [1.165, 1.54) is 35.7 Å². The molecule has 0 saturated heterocycles. The summed E-state index contributed by atoms with van der Waals surface area (Å²) < 4.78 is 38.4. The van der Waals surface area contributed by atoms with Crippen LogP contribution in [-0.2, 0) is 16.6 Å². The van der Waals surface area contributed by atoms with E-state index in [1.807, 2.05) is 0 Å². The summed E-state index contributed by atoms with van der Waals surface area (Å²) in [4.78, 5) is 11.7. The first-order chi connectivity index (χ1) is 12.9. The fourth-order valence-electron chi connectivity index (χ4n) is 2.85. The third kappa shape index (κ3) is 3.75. The Kier molecular flexibility index (Phi) is 5.36. The zero-order valence-electron chi connectivity index (χ0n) is 14.9. The highest BCUT2D eigenvalue weighted by atomic mass is 32.2. The van der Waals surface area contributed by atoms with E-state index in [0.29, 0.717) is 17.1 Å². The van der Waals surface area contributed by atoms with E-state index >= 15 is 0 Å². The van der Waals surface area contributed by atoms with Crippen molar-refractivity contribution in [3.63, 3.8) is 0 Å². The molecule has 144 valence electrons. The van der Waals surface area contributed by atoms with E-state index in [2.05, 4.69) is 0 Å². The van der Waals surface area contributed by atoms with E-state index in [9.17, 15) is 13.2 Å². The van der Waals surface area contributed by atoms with Crippen LogP contribution < -0.4 is 15.0 Å². The van der Waals surface area contributed by atoms with Gasteiger partial charge in [0.05, 0.1) is 18.0 Å². The highest BCUT2D eigenvalue weighted by molar-refractivity contribution is 7.89. The molecular weight excluding hydrogens is 372 g/mol. The van der Waals surface area contributed by atoms with Crippen LogP contribution in [0.2, 0.25) is 0 Å². The van der Waals surface area contributed by atoms with Crippen LogP contribution in [-0.4, -0.2) is 43.6 Å². The largest absolute Gasteiger partial charge is 0.497 e. The number of rotatable bonds is 4. The number of hydroxylamine groups is 1. The Morgan fingerprint density at radius 1 is 1.26 bits per heavy atom. The second kappa shape index (κ2) is 7.55. The lowest BCUT2D eigenvalue weighted by Crippen LogP contribution is -2.39. The maximum absolute atomic E-state index is 13.1. The van der Waals surface area contributed by atoms with Crippen LogP contribution in [0.5, 0.6) is 11.5 Å². The van der Waals surface area contributed by atoms with Crippen molar-refractivity contribution < 1.29 is 27.9 Å². The zero-order chi connectivity index (χ0) is 19.6. The summed E-state index contributed by atoms with van der Waals surface area (Å²) in [6.07, 6.45) is 0. The van der Waals surface area contributed by atoms with Crippen LogP contribution in [0.3, 0.4) is 0 Å². The molecule has 1 aliphatic heterocycles. The van der Waals surface area contributed by atoms with Gasteiger partial charge in [-0.1, -0.05) is 6.07 Å². The summed E-state index contributed by atoms with van der Waals surface area (Å²) in [5.74, 6) is 0.318. The molecule has 2 N–H and O–H groups in total. The summed E-state index contributed by atoms with van der Waals surface area (Å²) in [7, 11) is -2.24. The highest BCUT2D eigenvalue weighted by Gasteiger charge is 2.32. The van der Waals surface area contributed by atoms with E-state index in [0.717, 1.165) is 0 Å². The van der Waals surface area contributed by atoms with Gasteiger partial charge in [0, 0.05) is 17.7 Å². The molecule has 0 aliphatic carbocycles. The minimum atomic E-state index is -3.75. The Morgan fingerprint density at radius 2 is 1.96 bits per heavy atom. The molecule has 0 saturated carbocycles. The number of benzene rings is 2. The number of nitrogens with one attached hydrogen (secondary N) is 1. The molecule has 27 heavy (non-hydrogen) atoms. The monoisotopic (exact) mass is 392 g/mol. The summed E-state index contributed by atoms with van der Waals surface area (Å²) in [5, 5.41) is 8.77. The van der Waals surface area contributed by atoms with E-state index in [-0.39, 0.29) is 23.6 Å². The van der Waals surface area contributed by atoms with Gasteiger partial charge in [0.25, 0.3) is 5.91 Å². The number of nitrogens with zero attached hydrogens (tertiary/aromatic N) is 1. The van der Waals surface area contributed by atoms with Gasteiger partial charge < -0.3 is 9.47 Å². The lowest BCUT2D eigenvalue weighted by molar-refractivity contribution is 0.0706. The first kappa shape index (κ1) is 19.2. The summed E-state index contributed by atoms with van der Waals surface area (Å²) in [6.45, 7) is 1.99. The van der Waals surface area contributed by atoms with E-state index in [1.54, 1.807) is 30.6 Å². The van der Waals surface area contributed by atoms with Crippen LogP contribution in [0.15, 0.2) is 47.4 Å². The Morgan fingerprint density at radius 3 is 2.59 bits per heavy atom. The van der Waals surface area contributed by atoms with Gasteiger partial charge in [0.15, 0.2) is 0 Å². The van der Waals surface area contributed by atoms with Gasteiger partial charge in [-0.3, -0.25) is 10.0 Å². The number of carbonyl (C=O) groups excluding carboxylic acids is 1. The van der Waals surface area contributed by atoms with Gasteiger partial charge in [0.2, 0.25) is 10.0 Å². The van der Waals surface area contributed by atoms with Crippen molar-refractivity contribution in [1.29, 1.82) is 0 Å². The standard InChI is InChI=1S/C18H20N2O6S/c1-12-11-26-17-9-13(18(21)19-22)3-4-14(17)10-20(12)27(23,24)16-7-5-15(25-2)6-8-16/h3-9,12,22H,10-11H2,1-2H3,(H,19,21)/t12-/m0/s1. The van der Waals surface area contributed by atoms with Gasteiger partial charge in [-0.05, 0) is 43.3 Å². The van der Waals surface area contributed by atoms with Crippen molar-refractivity contribution in [2.45, 2.75) is 24.4 Å². The van der Waals surface area contributed by atoms with Crippen LogP contribution >= 0.6 is 0 Å². The maximum atomic E-state index is 13.1. The molecule has 0 aromatic heterocycles. The average molecular weight is 392 g/mol. The first-order valence-electron chi connectivity index (χ1n) is 8.23. The third-order valence-electron chi connectivity index (χ3n) is 4.39. The Bertz CT molecular complexity index is 943. The molecular formula is C18H20N2O6S. The van der Waals surface area contributed by atoms with Crippen molar-refractivity contribution in [3.05, 3.63) is 53.6 Å². The number of hydrogen-bond acceptors (Lipinski definition) is 6. The normalized spacial score (nSPS) is 17.4. The molecule has 0 bridgehead atoms. The number of ether oxygens (including phenoxy) is 2. The molecule has 1 heterocycles. The molecule has 0 fully saturated rings. The average Bonchev–Trinajstić information content (AvgIpc) is 2.86. The predicted molar refractivity (Wildman–Crippen MR) is 96.4 cm³/mol. The first-order valence-corrected chi connectivity index (χ1v) is 9.67. The maximum Gasteiger partial charge on any atom is 0.274 e. The van der Waals surface area contributed by atoms with Gasteiger partial charge in [0.1, 0.15) is 18.1 Å². The van der Waals surface area contributed by atoms with Crippen LogP contribution in [0.25, 0.3) is 0 Å². The van der Waals surface area contributed by atoms with Crippen molar-refractivity contribution in [2.75, 3.05) is 13.7 Å². The van der Waals surface area contributed by atoms with E-state index in [4.69, 9.17) is 14.7 Å². The number of fused-ring (bicyclic) bond motifs is 1. The SMILES string of the molecule is COc1ccc(S(=O)(=O)N2Cc3ccc(C(=O)NO)cc3OC[C@@H]2C)cc1. The van der Waals surface area contributed by atoms with Gasteiger partial charge in [-0.2, -0.15) is 4.31 Å². The van der Waals surface area contributed by atoms with Crippen molar-refractivity contribution in [3.8, 4) is 11.5 Å². The zero-order valence-corrected chi connectivity index (χ0v) is 15.7. The van der Waals surface area contributed by atoms with Gasteiger partial charge >= 0.3 is 0 Å². The minimum Gasteiger partial charge on any atom is -0.497 e. The molecule has 2 aromatic carbocycles. The summed E-state index contributed by atoms with van der Waals surface area (Å²) in [5.41, 5.74) is 2.41. The Labute approximate surface area is 157 Å². The van der Waals surface area contributed by atoms with Gasteiger partial charge in [-0.25, -0.2) is 13.9 Å². The molecule has 9 heteroatoms. The van der Waals surface area contributed by atoms with Crippen LogP contribution in [0, 0.1) is 0 Å². The van der Waals surface area contributed by atoms with Crippen molar-refractivity contribution in [1.82, 2.24) is 9.79 Å². The molecule has 2 aromatic rings. The summed E-state index contributed by atoms with van der Waals surface area (Å²) in [6, 6.07) is 10.4. The molecule has 8 nitrogen and oxygen atoms in total. The molecule has 1 atom stereocenters. The number of sulfonamides is 1. The van der Waals surface area contributed by atoms with Gasteiger partial charge in [-0.15, -0.1) is 0 Å². The van der Waals surface area contributed by atoms with E-state index < -0.39 is 22.0 Å². The molecule has 0 spiro atoms. The minimum absolute atomic E-state index is 0.103. The van der Waals surface area contributed by atoms with Crippen molar-refractivity contribution >= 4 is 15.9 Å². The van der Waals surface area contributed by atoms with Crippen LogP contribution in [0.1, 0.15) is 22.8 Å². The lowest BCUT2D eigenvalue weighted by Gasteiger charge is -2.25. The molecule has 1 aliphatic rings. The molecule has 0 unspecified atom stereocenters. The number of amides is 1. The fraction of sp³-hybridized carbons (Fsp3) is 0.278. The number of carbonyl (C=O) groups is 1. The third-order valence-corrected chi connectivity index (χ3v) is 6.37. The molecule has 1 amide bonds. The molecule has 0 radical (unpaired) electrons. The number of hydrogen-bond donors (Lipinski definition) is 2. The lowest BCUT2D eigenvalue weighted by atomic mass is 10.1. The topological polar surface area (TPSA) is 105 Å². The Hall–Kier alpha value is -2.62. The van der Waals surface area contributed by atoms with Crippen molar-refractivity contribution in [2.24, 2.45) is 0 Å². The van der Waals surface area contributed by atoms with Crippen LogP contribution in [0.4, 0.5) is 0 Å². The quantitative estimate of drug-likeness (QED) is 0.607. The second-order valence-electron chi connectivity index (χ2n) is 6.15. The number of methoxy groups -OCH3 is 1. The second-order valence-corrected chi connectivity index (χ2v) is 8.04. The smallest absolute Gasteiger partial charge is 0.274 e. The Balaban J connectivity index is 1.95. The highest BCUT2D eigenvalue weighted by Crippen LogP contribution is 2.30. The summed E-state index contributed by atoms with van der Waals surface area (Å²) >= 11 is 0. The molecule has 3 rings (SSSR count).